The number of rotatable bonds is 7. The van der Waals surface area contributed by atoms with Crippen LogP contribution in [0, 0.1) is 18.3 Å². The minimum Gasteiger partial charge on any atom is -0.270 e. The summed E-state index contributed by atoms with van der Waals surface area (Å²) < 4.78 is 2.16. The van der Waals surface area contributed by atoms with Crippen LogP contribution < -0.4 is 0 Å². The molecule has 0 radical (unpaired) electrons. The molecule has 120 valence electrons. The minimum atomic E-state index is 0.309. The van der Waals surface area contributed by atoms with Crippen LogP contribution in [0.15, 0.2) is 6.07 Å². The maximum absolute atomic E-state index is 6.41. The molecule has 1 fully saturated rings. The molecule has 0 atom stereocenters. The number of nitrogens with zero attached hydrogens (tertiary/aromatic N) is 2. The normalized spacial score (nSPS) is 26.2. The first-order valence-electron chi connectivity index (χ1n) is 8.71. The number of unbranched alkanes of at least 4 members (excludes halogenated alkanes) is 1. The van der Waals surface area contributed by atoms with Gasteiger partial charge < -0.3 is 0 Å². The van der Waals surface area contributed by atoms with Gasteiger partial charge in [-0.1, -0.05) is 26.2 Å². The van der Waals surface area contributed by atoms with Crippen molar-refractivity contribution in [3.63, 3.8) is 0 Å². The second-order valence-electron chi connectivity index (χ2n) is 6.99. The lowest BCUT2D eigenvalue weighted by molar-refractivity contribution is 0.163. The molecule has 2 nitrogen and oxygen atoms in total. The van der Waals surface area contributed by atoms with E-state index in [0.717, 1.165) is 30.5 Å². The molecular formula is C18H31ClN2. The lowest BCUT2D eigenvalue weighted by atomic mass is 9.68. The maximum Gasteiger partial charge on any atom is 0.0596 e. The Morgan fingerprint density at radius 3 is 2.62 bits per heavy atom. The SMILES string of the molecule is CCCCC1CCC(CCl)(Cc2cc(C)nn2CC)CC1. The zero-order chi connectivity index (χ0) is 15.3. The third-order valence-corrected chi connectivity index (χ3v) is 5.82. The van der Waals surface area contributed by atoms with E-state index in [1.165, 1.54) is 50.6 Å². The summed E-state index contributed by atoms with van der Waals surface area (Å²) >= 11 is 6.41. The summed E-state index contributed by atoms with van der Waals surface area (Å²) in [6, 6.07) is 2.25. The van der Waals surface area contributed by atoms with Gasteiger partial charge in [0.25, 0.3) is 0 Å². The average Bonchev–Trinajstić information content (AvgIpc) is 2.86. The number of halogens is 1. The fourth-order valence-corrected chi connectivity index (χ4v) is 4.19. The molecule has 21 heavy (non-hydrogen) atoms. The Balaban J connectivity index is 1.99. The molecule has 1 heterocycles. The molecule has 2 rings (SSSR count). The second-order valence-corrected chi connectivity index (χ2v) is 7.26. The van der Waals surface area contributed by atoms with Crippen LogP contribution >= 0.6 is 11.6 Å². The Morgan fingerprint density at radius 2 is 2.05 bits per heavy atom. The lowest BCUT2D eigenvalue weighted by Gasteiger charge is -2.39. The highest BCUT2D eigenvalue weighted by Gasteiger charge is 2.35. The quantitative estimate of drug-likeness (QED) is 0.620. The first-order chi connectivity index (χ1) is 10.1. The van der Waals surface area contributed by atoms with E-state index in [-0.39, 0.29) is 0 Å². The molecule has 1 aromatic heterocycles. The summed E-state index contributed by atoms with van der Waals surface area (Å²) in [5.41, 5.74) is 2.82. The van der Waals surface area contributed by atoms with Gasteiger partial charge in [-0.2, -0.15) is 5.10 Å². The predicted octanol–water partition coefficient (Wildman–Crippen LogP) is 5.36. The van der Waals surface area contributed by atoms with Gasteiger partial charge in [-0.25, -0.2) is 0 Å². The molecule has 0 N–H and O–H groups in total. The summed E-state index contributed by atoms with van der Waals surface area (Å²) in [4.78, 5) is 0. The molecule has 0 bridgehead atoms. The van der Waals surface area contributed by atoms with E-state index >= 15 is 0 Å². The number of alkyl halides is 1. The Labute approximate surface area is 135 Å². The summed E-state index contributed by atoms with van der Waals surface area (Å²) in [7, 11) is 0. The van der Waals surface area contributed by atoms with Gasteiger partial charge in [0.2, 0.25) is 0 Å². The van der Waals surface area contributed by atoms with Gasteiger partial charge in [-0.15, -0.1) is 11.6 Å². The molecule has 0 unspecified atom stereocenters. The topological polar surface area (TPSA) is 17.8 Å². The van der Waals surface area contributed by atoms with Gasteiger partial charge in [-0.05, 0) is 63.4 Å². The van der Waals surface area contributed by atoms with Crippen LogP contribution in [-0.2, 0) is 13.0 Å². The molecule has 1 aliphatic carbocycles. The Bertz CT molecular complexity index is 430. The number of hydrogen-bond acceptors (Lipinski definition) is 1. The smallest absolute Gasteiger partial charge is 0.0596 e. The fraction of sp³-hybridized carbons (Fsp3) is 0.833. The summed E-state index contributed by atoms with van der Waals surface area (Å²) in [5, 5.41) is 4.59. The van der Waals surface area contributed by atoms with Crippen LogP contribution in [-0.4, -0.2) is 15.7 Å². The predicted molar refractivity (Wildman–Crippen MR) is 91.0 cm³/mol. The highest BCUT2D eigenvalue weighted by atomic mass is 35.5. The monoisotopic (exact) mass is 310 g/mol. The van der Waals surface area contributed by atoms with E-state index in [2.05, 4.69) is 36.6 Å². The van der Waals surface area contributed by atoms with Crippen LogP contribution in [0.25, 0.3) is 0 Å². The minimum absolute atomic E-state index is 0.309. The van der Waals surface area contributed by atoms with Crippen LogP contribution in [0.4, 0.5) is 0 Å². The van der Waals surface area contributed by atoms with Crippen LogP contribution in [0.5, 0.6) is 0 Å². The van der Waals surface area contributed by atoms with Crippen LogP contribution in [0.2, 0.25) is 0 Å². The molecular weight excluding hydrogens is 280 g/mol. The summed E-state index contributed by atoms with van der Waals surface area (Å²) in [5.74, 6) is 1.74. The molecule has 0 amide bonds. The molecule has 0 spiro atoms. The lowest BCUT2D eigenvalue weighted by Crippen LogP contribution is -2.32. The molecule has 0 aliphatic heterocycles. The van der Waals surface area contributed by atoms with Gasteiger partial charge >= 0.3 is 0 Å². The standard InChI is InChI=1S/C18H31ClN2/c1-4-6-7-16-8-10-18(14-19,11-9-16)13-17-12-15(3)20-21(17)5-2/h12,16H,4-11,13-14H2,1-3H3. The molecule has 1 saturated carbocycles. The van der Waals surface area contributed by atoms with E-state index in [0.29, 0.717) is 5.41 Å². The van der Waals surface area contributed by atoms with Gasteiger partial charge in [0.1, 0.15) is 0 Å². The molecule has 3 heteroatoms. The third kappa shape index (κ3) is 4.25. The third-order valence-electron chi connectivity index (χ3n) is 5.26. The van der Waals surface area contributed by atoms with Crippen molar-refractivity contribution in [1.82, 2.24) is 9.78 Å². The molecule has 1 aliphatic rings. The molecule has 0 saturated heterocycles. The van der Waals surface area contributed by atoms with Crippen LogP contribution in [0.3, 0.4) is 0 Å². The van der Waals surface area contributed by atoms with Crippen molar-refractivity contribution in [3.8, 4) is 0 Å². The fourth-order valence-electron chi connectivity index (χ4n) is 3.83. The maximum atomic E-state index is 6.41. The number of aromatic nitrogens is 2. The van der Waals surface area contributed by atoms with Gasteiger partial charge in [-0.3, -0.25) is 4.68 Å². The Morgan fingerprint density at radius 1 is 1.33 bits per heavy atom. The first kappa shape index (κ1) is 16.9. The Kier molecular flexibility index (Phi) is 6.16. The highest BCUT2D eigenvalue weighted by Crippen LogP contribution is 2.43. The number of hydrogen-bond donors (Lipinski definition) is 0. The second kappa shape index (κ2) is 7.67. The largest absolute Gasteiger partial charge is 0.270 e. The summed E-state index contributed by atoms with van der Waals surface area (Å²) in [6.07, 6.45) is 10.6. The molecule has 0 aromatic carbocycles. The van der Waals surface area contributed by atoms with E-state index in [4.69, 9.17) is 11.6 Å². The first-order valence-corrected chi connectivity index (χ1v) is 9.25. The van der Waals surface area contributed by atoms with Crippen molar-refractivity contribution >= 4 is 11.6 Å². The van der Waals surface area contributed by atoms with Crippen molar-refractivity contribution in [3.05, 3.63) is 17.5 Å². The number of aryl methyl sites for hydroxylation is 2. The van der Waals surface area contributed by atoms with Gasteiger partial charge in [0.15, 0.2) is 0 Å². The van der Waals surface area contributed by atoms with Crippen molar-refractivity contribution in [2.75, 3.05) is 5.88 Å². The summed E-state index contributed by atoms with van der Waals surface area (Å²) in [6.45, 7) is 7.51. The van der Waals surface area contributed by atoms with Crippen molar-refractivity contribution in [2.24, 2.45) is 11.3 Å². The van der Waals surface area contributed by atoms with E-state index < -0.39 is 0 Å². The average molecular weight is 311 g/mol. The van der Waals surface area contributed by atoms with Crippen molar-refractivity contribution in [2.45, 2.75) is 78.7 Å². The molecule has 1 aromatic rings. The van der Waals surface area contributed by atoms with Gasteiger partial charge in [0, 0.05) is 18.1 Å². The van der Waals surface area contributed by atoms with E-state index in [1.807, 2.05) is 0 Å². The van der Waals surface area contributed by atoms with Crippen LogP contribution in [0.1, 0.15) is 70.2 Å². The van der Waals surface area contributed by atoms with E-state index in [1.54, 1.807) is 0 Å². The zero-order valence-electron chi connectivity index (χ0n) is 14.0. The van der Waals surface area contributed by atoms with Crippen molar-refractivity contribution in [1.29, 1.82) is 0 Å². The highest BCUT2D eigenvalue weighted by molar-refractivity contribution is 6.18. The van der Waals surface area contributed by atoms with E-state index in [9.17, 15) is 0 Å². The Hall–Kier alpha value is -0.500. The van der Waals surface area contributed by atoms with Gasteiger partial charge in [0.05, 0.1) is 5.69 Å². The van der Waals surface area contributed by atoms with Crippen molar-refractivity contribution < 1.29 is 0 Å². The zero-order valence-corrected chi connectivity index (χ0v) is 14.8.